The van der Waals surface area contributed by atoms with Crippen molar-refractivity contribution in [3.8, 4) is 6.07 Å². The molecule has 0 bridgehead atoms. The maximum absolute atomic E-state index is 13.7. The van der Waals surface area contributed by atoms with Crippen molar-refractivity contribution in [2.75, 3.05) is 5.73 Å². The molecule has 104 valence electrons. The summed E-state index contributed by atoms with van der Waals surface area (Å²) in [5.41, 5.74) is 8.47. The number of aromatic nitrogens is 1. The molecule has 2 N–H and O–H groups in total. The standard InChI is InChI=1S/C15H10FN3OS/c16-12-3-1-9(7-17)5-10(12)8-21-15-19-13-6-11(18)2-4-14(13)20-15/h1-6H,8,18H2. The van der Waals surface area contributed by atoms with E-state index in [-0.39, 0.29) is 5.82 Å². The molecule has 0 aliphatic rings. The summed E-state index contributed by atoms with van der Waals surface area (Å²) < 4.78 is 19.2. The monoisotopic (exact) mass is 299 g/mol. The number of hydrogen-bond donors (Lipinski definition) is 1. The second-order valence-corrected chi connectivity index (χ2v) is 5.34. The fourth-order valence-electron chi connectivity index (χ4n) is 1.88. The van der Waals surface area contributed by atoms with Crippen molar-refractivity contribution in [2.24, 2.45) is 0 Å². The van der Waals surface area contributed by atoms with Gasteiger partial charge in [-0.1, -0.05) is 11.8 Å². The number of benzene rings is 2. The van der Waals surface area contributed by atoms with Gasteiger partial charge in [-0.15, -0.1) is 0 Å². The number of oxazole rings is 1. The Morgan fingerprint density at radius 3 is 2.95 bits per heavy atom. The Morgan fingerprint density at radius 2 is 2.14 bits per heavy atom. The van der Waals surface area contributed by atoms with E-state index in [1.807, 2.05) is 6.07 Å². The molecule has 0 aliphatic heterocycles. The fraction of sp³-hybridized carbons (Fsp3) is 0.0667. The number of hydrogen-bond acceptors (Lipinski definition) is 5. The van der Waals surface area contributed by atoms with Crippen LogP contribution in [0.15, 0.2) is 46.0 Å². The van der Waals surface area contributed by atoms with Gasteiger partial charge in [-0.25, -0.2) is 9.37 Å². The maximum Gasteiger partial charge on any atom is 0.257 e. The first kappa shape index (κ1) is 13.5. The Morgan fingerprint density at radius 1 is 1.29 bits per heavy atom. The molecule has 0 unspecified atom stereocenters. The summed E-state index contributed by atoms with van der Waals surface area (Å²) in [4.78, 5) is 4.29. The number of rotatable bonds is 3. The first-order valence-electron chi connectivity index (χ1n) is 6.13. The van der Waals surface area contributed by atoms with E-state index in [9.17, 15) is 4.39 Å². The molecule has 2 aromatic carbocycles. The Kier molecular flexibility index (Phi) is 3.50. The molecule has 0 aliphatic carbocycles. The van der Waals surface area contributed by atoms with E-state index >= 15 is 0 Å². The van der Waals surface area contributed by atoms with Gasteiger partial charge in [-0.05, 0) is 42.0 Å². The predicted octanol–water partition coefficient (Wildman–Crippen LogP) is 3.71. The number of nitrogen functional groups attached to an aromatic ring is 1. The minimum absolute atomic E-state index is 0.337. The van der Waals surface area contributed by atoms with Crippen LogP contribution in [0.1, 0.15) is 11.1 Å². The van der Waals surface area contributed by atoms with Crippen molar-refractivity contribution < 1.29 is 8.81 Å². The van der Waals surface area contributed by atoms with E-state index < -0.39 is 0 Å². The van der Waals surface area contributed by atoms with Gasteiger partial charge in [-0.2, -0.15) is 5.26 Å². The van der Waals surface area contributed by atoms with Gasteiger partial charge < -0.3 is 10.2 Å². The zero-order valence-electron chi connectivity index (χ0n) is 10.8. The normalized spacial score (nSPS) is 10.7. The van der Waals surface area contributed by atoms with E-state index in [1.165, 1.54) is 30.0 Å². The van der Waals surface area contributed by atoms with Crippen molar-refractivity contribution in [2.45, 2.75) is 11.0 Å². The maximum atomic E-state index is 13.7. The lowest BCUT2D eigenvalue weighted by molar-refractivity contribution is 0.489. The van der Waals surface area contributed by atoms with Crippen LogP contribution < -0.4 is 5.73 Å². The van der Waals surface area contributed by atoms with Gasteiger partial charge in [0.25, 0.3) is 5.22 Å². The van der Waals surface area contributed by atoms with Crippen LogP contribution in [-0.4, -0.2) is 4.98 Å². The topological polar surface area (TPSA) is 75.8 Å². The van der Waals surface area contributed by atoms with Crippen LogP contribution in [0.5, 0.6) is 0 Å². The van der Waals surface area contributed by atoms with Gasteiger partial charge in [0.2, 0.25) is 0 Å². The number of nitrogens with two attached hydrogens (primary N) is 1. The molecule has 1 heterocycles. The molecular weight excluding hydrogens is 289 g/mol. The molecule has 0 fully saturated rings. The van der Waals surface area contributed by atoms with Crippen LogP contribution in [0.25, 0.3) is 11.1 Å². The molecule has 3 aromatic rings. The van der Waals surface area contributed by atoms with Crippen molar-refractivity contribution in [3.63, 3.8) is 0 Å². The summed E-state index contributed by atoms with van der Waals surface area (Å²) >= 11 is 1.27. The first-order valence-corrected chi connectivity index (χ1v) is 7.11. The number of fused-ring (bicyclic) bond motifs is 1. The average molecular weight is 299 g/mol. The van der Waals surface area contributed by atoms with Gasteiger partial charge in [0, 0.05) is 11.4 Å². The Balaban J connectivity index is 1.82. The van der Waals surface area contributed by atoms with Gasteiger partial charge in [0.1, 0.15) is 11.3 Å². The largest absolute Gasteiger partial charge is 0.431 e. The van der Waals surface area contributed by atoms with Crippen molar-refractivity contribution in [3.05, 3.63) is 53.3 Å². The number of thioether (sulfide) groups is 1. The Labute approximate surface area is 124 Å². The van der Waals surface area contributed by atoms with Gasteiger partial charge >= 0.3 is 0 Å². The molecule has 4 nitrogen and oxygen atoms in total. The van der Waals surface area contributed by atoms with Crippen LogP contribution in [0, 0.1) is 17.1 Å². The van der Waals surface area contributed by atoms with Crippen LogP contribution in [0.3, 0.4) is 0 Å². The number of nitrogens with zero attached hydrogens (tertiary/aromatic N) is 2. The average Bonchev–Trinajstić information content (AvgIpc) is 2.88. The van der Waals surface area contributed by atoms with E-state index in [1.54, 1.807) is 18.2 Å². The highest BCUT2D eigenvalue weighted by Crippen LogP contribution is 2.28. The summed E-state index contributed by atoms with van der Waals surface area (Å²) in [7, 11) is 0. The molecule has 0 spiro atoms. The van der Waals surface area contributed by atoms with E-state index in [0.29, 0.717) is 38.9 Å². The molecule has 1 aromatic heterocycles. The smallest absolute Gasteiger partial charge is 0.257 e. The summed E-state index contributed by atoms with van der Waals surface area (Å²) in [6, 6.07) is 11.5. The highest BCUT2D eigenvalue weighted by atomic mass is 32.2. The summed E-state index contributed by atoms with van der Waals surface area (Å²) in [6.45, 7) is 0. The molecule has 0 amide bonds. The zero-order valence-corrected chi connectivity index (χ0v) is 11.7. The zero-order chi connectivity index (χ0) is 14.8. The Hall–Kier alpha value is -2.52. The molecule has 0 atom stereocenters. The molecular formula is C15H10FN3OS. The second kappa shape index (κ2) is 5.46. The SMILES string of the molecule is N#Cc1ccc(F)c(CSc2nc3cc(N)ccc3o2)c1. The lowest BCUT2D eigenvalue weighted by atomic mass is 10.1. The minimum atomic E-state index is -0.346. The van der Waals surface area contributed by atoms with Crippen molar-refractivity contribution in [1.82, 2.24) is 4.98 Å². The summed E-state index contributed by atoms with van der Waals surface area (Å²) in [5, 5.41) is 9.28. The van der Waals surface area contributed by atoms with E-state index in [0.717, 1.165) is 0 Å². The minimum Gasteiger partial charge on any atom is -0.431 e. The molecule has 6 heteroatoms. The van der Waals surface area contributed by atoms with Crippen LogP contribution in [0.4, 0.5) is 10.1 Å². The van der Waals surface area contributed by atoms with E-state index in [4.69, 9.17) is 15.4 Å². The molecule has 3 rings (SSSR count). The van der Waals surface area contributed by atoms with Gasteiger partial charge in [0.05, 0.1) is 11.6 Å². The van der Waals surface area contributed by atoms with Crippen molar-refractivity contribution in [1.29, 1.82) is 5.26 Å². The van der Waals surface area contributed by atoms with Gasteiger partial charge in [-0.3, -0.25) is 0 Å². The molecule has 0 radical (unpaired) electrons. The van der Waals surface area contributed by atoms with Crippen LogP contribution in [-0.2, 0) is 5.75 Å². The first-order chi connectivity index (χ1) is 10.2. The highest BCUT2D eigenvalue weighted by molar-refractivity contribution is 7.98. The van der Waals surface area contributed by atoms with Crippen molar-refractivity contribution >= 4 is 28.5 Å². The lowest BCUT2D eigenvalue weighted by Gasteiger charge is -2.01. The summed E-state index contributed by atoms with van der Waals surface area (Å²) in [6.07, 6.45) is 0. The number of nitriles is 1. The van der Waals surface area contributed by atoms with Gasteiger partial charge in [0.15, 0.2) is 5.58 Å². The quantitative estimate of drug-likeness (QED) is 0.589. The number of halogens is 1. The molecule has 0 saturated heterocycles. The number of anilines is 1. The van der Waals surface area contributed by atoms with E-state index in [2.05, 4.69) is 4.98 Å². The third kappa shape index (κ3) is 2.83. The second-order valence-electron chi connectivity index (χ2n) is 4.41. The third-order valence-corrected chi connectivity index (χ3v) is 3.79. The molecule has 0 saturated carbocycles. The predicted molar refractivity (Wildman–Crippen MR) is 79.1 cm³/mol. The fourth-order valence-corrected chi connectivity index (χ4v) is 2.69. The molecule has 21 heavy (non-hydrogen) atoms. The van der Waals surface area contributed by atoms with Crippen LogP contribution in [0.2, 0.25) is 0 Å². The lowest BCUT2D eigenvalue weighted by Crippen LogP contribution is -1.89. The van der Waals surface area contributed by atoms with Crippen LogP contribution >= 0.6 is 11.8 Å². The summed E-state index contributed by atoms with van der Waals surface area (Å²) in [5.74, 6) is -0.00854. The Bertz CT molecular complexity index is 854. The third-order valence-electron chi connectivity index (χ3n) is 2.92. The highest BCUT2D eigenvalue weighted by Gasteiger charge is 2.09.